The molecule has 0 amide bonds. The fourth-order valence-corrected chi connectivity index (χ4v) is 3.56. The second-order valence-corrected chi connectivity index (χ2v) is 7.44. The molecule has 146 valence electrons. The maximum atomic E-state index is 13.9. The van der Waals surface area contributed by atoms with Crippen LogP contribution in [-0.2, 0) is 27.5 Å². The van der Waals surface area contributed by atoms with Gasteiger partial charge in [-0.05, 0) is 29.8 Å². The molecule has 0 spiro atoms. The van der Waals surface area contributed by atoms with Gasteiger partial charge in [0.1, 0.15) is 10.7 Å². The van der Waals surface area contributed by atoms with Crippen LogP contribution < -0.4 is 9.44 Å². The van der Waals surface area contributed by atoms with E-state index in [9.17, 15) is 34.7 Å². The first kappa shape index (κ1) is 21.0. The van der Waals surface area contributed by atoms with Gasteiger partial charge in [0, 0.05) is 6.20 Å². The highest BCUT2D eigenvalue weighted by Crippen LogP contribution is 2.33. The minimum absolute atomic E-state index is 0.353. The molecule has 0 heterocycles. The molecule has 0 aromatic heterocycles. The molecule has 0 aliphatic rings. The summed E-state index contributed by atoms with van der Waals surface area (Å²) in [6, 6.07) is 7.18. The first-order chi connectivity index (χ1) is 12.4. The number of nitrogens with zero attached hydrogens (tertiary/aromatic N) is 1. The zero-order valence-corrected chi connectivity index (χ0v) is 14.9. The molecule has 6 nitrogen and oxygen atoms in total. The first-order valence-electron chi connectivity index (χ1n) is 6.99. The van der Waals surface area contributed by atoms with Gasteiger partial charge in [0.2, 0.25) is 10.0 Å². The predicted molar refractivity (Wildman–Crippen MR) is 91.5 cm³/mol. The minimum atomic E-state index is -4.69. The summed E-state index contributed by atoms with van der Waals surface area (Å²) < 4.78 is 97.6. The van der Waals surface area contributed by atoms with Crippen LogP contribution in [0.25, 0.3) is 6.08 Å². The summed E-state index contributed by atoms with van der Waals surface area (Å²) in [5.74, 6) is -1.28. The zero-order valence-electron chi connectivity index (χ0n) is 13.2. The molecule has 2 aromatic carbocycles. The summed E-state index contributed by atoms with van der Waals surface area (Å²) >= 11 is -2.93. The van der Waals surface area contributed by atoms with E-state index in [2.05, 4.69) is 0 Å². The fraction of sp³-hybridized carbons (Fsp3) is 0.0667. The van der Waals surface area contributed by atoms with Crippen molar-refractivity contribution in [1.82, 2.24) is 0 Å². The number of hydrogen-bond acceptors (Lipinski definition) is 3. The van der Waals surface area contributed by atoms with Crippen LogP contribution in [0.3, 0.4) is 0 Å². The van der Waals surface area contributed by atoms with Crippen LogP contribution in [0.5, 0.6) is 0 Å². The van der Waals surface area contributed by atoms with Gasteiger partial charge in [-0.3, -0.25) is 4.55 Å². The third-order valence-electron chi connectivity index (χ3n) is 3.29. The van der Waals surface area contributed by atoms with Gasteiger partial charge in [0.25, 0.3) is 11.3 Å². The summed E-state index contributed by atoms with van der Waals surface area (Å²) in [4.78, 5) is -1.07. The van der Waals surface area contributed by atoms with Gasteiger partial charge in [0.05, 0.1) is 11.3 Å². The van der Waals surface area contributed by atoms with Crippen molar-refractivity contribution in [3.8, 4) is 0 Å². The lowest BCUT2D eigenvalue weighted by Gasteiger charge is -2.19. The van der Waals surface area contributed by atoms with Crippen molar-refractivity contribution >= 4 is 33.1 Å². The molecular weight excluding hydrogens is 412 g/mol. The van der Waals surface area contributed by atoms with Gasteiger partial charge in [-0.1, -0.05) is 24.3 Å². The van der Waals surface area contributed by atoms with E-state index in [4.69, 9.17) is 5.14 Å². The summed E-state index contributed by atoms with van der Waals surface area (Å²) in [7, 11) is -4.63. The third-order valence-corrected chi connectivity index (χ3v) is 4.92. The maximum Gasteiger partial charge on any atom is 0.416 e. The molecule has 27 heavy (non-hydrogen) atoms. The molecule has 1 atom stereocenters. The van der Waals surface area contributed by atoms with Crippen LogP contribution in [-0.4, -0.2) is 17.2 Å². The first-order valence-corrected chi connectivity index (χ1v) is 9.60. The lowest BCUT2D eigenvalue weighted by atomic mass is 10.1. The SMILES string of the molecule is NS(=O)(=O)c1c(F)cccc1N(C=Cc1ccccc1C(F)(F)F)S(=O)O. The normalized spacial score (nSPS) is 13.7. The van der Waals surface area contributed by atoms with E-state index in [1.807, 2.05) is 0 Å². The summed E-state index contributed by atoms with van der Waals surface area (Å²) in [5.41, 5.74) is -1.98. The standard InChI is InChI=1S/C15H12F4N2O4S2/c16-12-6-3-7-13(14(12)27(20,24)25)21(26(22)23)9-8-10-4-1-2-5-11(10)15(17,18)19/h1-9H,(H,22,23)(H2,20,24,25). The Balaban J connectivity index is 2.60. The van der Waals surface area contributed by atoms with Gasteiger partial charge in [-0.25, -0.2) is 26.5 Å². The molecule has 12 heteroatoms. The van der Waals surface area contributed by atoms with Crippen molar-refractivity contribution < 1.29 is 34.7 Å². The Morgan fingerprint density at radius 3 is 2.30 bits per heavy atom. The fourth-order valence-electron chi connectivity index (χ4n) is 2.22. The Morgan fingerprint density at radius 1 is 1.11 bits per heavy atom. The number of nitrogens with two attached hydrogens (primary N) is 1. The molecular formula is C15H12F4N2O4S2. The molecule has 0 radical (unpaired) electrons. The number of sulfonamides is 1. The lowest BCUT2D eigenvalue weighted by Crippen LogP contribution is -2.24. The zero-order chi connectivity index (χ0) is 20.4. The Kier molecular flexibility index (Phi) is 6.04. The molecule has 2 aromatic rings. The quantitative estimate of drug-likeness (QED) is 0.569. The maximum absolute atomic E-state index is 13.9. The molecule has 0 aliphatic heterocycles. The molecule has 0 bridgehead atoms. The minimum Gasteiger partial charge on any atom is -0.289 e. The van der Waals surface area contributed by atoms with Crippen LogP contribution in [0.1, 0.15) is 11.1 Å². The van der Waals surface area contributed by atoms with Crippen molar-refractivity contribution in [3.05, 3.63) is 65.6 Å². The predicted octanol–water partition coefficient (Wildman–Crippen LogP) is 3.11. The van der Waals surface area contributed by atoms with E-state index in [0.717, 1.165) is 48.7 Å². The number of primary sulfonamides is 1. The average Bonchev–Trinajstić information content (AvgIpc) is 2.53. The smallest absolute Gasteiger partial charge is 0.289 e. The Labute approximate surface area is 154 Å². The van der Waals surface area contributed by atoms with E-state index >= 15 is 0 Å². The summed E-state index contributed by atoms with van der Waals surface area (Å²) in [5, 5.41) is 4.94. The van der Waals surface area contributed by atoms with Crippen molar-refractivity contribution in [2.24, 2.45) is 5.14 Å². The van der Waals surface area contributed by atoms with Gasteiger partial charge in [0.15, 0.2) is 0 Å². The molecule has 3 N–H and O–H groups in total. The molecule has 2 rings (SSSR count). The number of benzene rings is 2. The summed E-state index contributed by atoms with van der Waals surface area (Å²) in [6.45, 7) is 0. The monoisotopic (exact) mass is 424 g/mol. The molecule has 0 saturated carbocycles. The van der Waals surface area contributed by atoms with E-state index < -0.39 is 49.4 Å². The van der Waals surface area contributed by atoms with Gasteiger partial charge < -0.3 is 0 Å². The molecule has 0 aliphatic carbocycles. The number of rotatable bonds is 5. The topological polar surface area (TPSA) is 101 Å². The van der Waals surface area contributed by atoms with Crippen LogP contribution in [0.4, 0.5) is 23.2 Å². The van der Waals surface area contributed by atoms with Gasteiger partial charge in [-0.2, -0.15) is 13.2 Å². The molecule has 1 unspecified atom stereocenters. The van der Waals surface area contributed by atoms with Crippen LogP contribution in [0.15, 0.2) is 53.6 Å². The van der Waals surface area contributed by atoms with E-state index in [-0.39, 0.29) is 5.56 Å². The van der Waals surface area contributed by atoms with Crippen molar-refractivity contribution in [2.75, 3.05) is 4.31 Å². The number of hydrogen-bond donors (Lipinski definition) is 2. The lowest BCUT2D eigenvalue weighted by molar-refractivity contribution is -0.137. The highest BCUT2D eigenvalue weighted by atomic mass is 32.2. The van der Waals surface area contributed by atoms with Crippen LogP contribution >= 0.6 is 0 Å². The number of anilines is 1. The Hall–Kier alpha value is -2.28. The van der Waals surface area contributed by atoms with Crippen molar-refractivity contribution in [2.45, 2.75) is 11.1 Å². The second kappa shape index (κ2) is 7.76. The molecule has 0 fully saturated rings. The van der Waals surface area contributed by atoms with E-state index in [1.54, 1.807) is 0 Å². The van der Waals surface area contributed by atoms with Gasteiger partial charge >= 0.3 is 6.18 Å². The van der Waals surface area contributed by atoms with E-state index in [1.165, 1.54) is 6.07 Å². The second-order valence-electron chi connectivity index (χ2n) is 5.09. The number of alkyl halides is 3. The van der Waals surface area contributed by atoms with E-state index in [0.29, 0.717) is 4.31 Å². The third kappa shape index (κ3) is 4.91. The Morgan fingerprint density at radius 2 is 1.74 bits per heavy atom. The number of halogens is 4. The van der Waals surface area contributed by atoms with Gasteiger partial charge in [-0.15, -0.1) is 0 Å². The van der Waals surface area contributed by atoms with Crippen LogP contribution in [0, 0.1) is 5.82 Å². The van der Waals surface area contributed by atoms with Crippen LogP contribution in [0.2, 0.25) is 0 Å². The average molecular weight is 424 g/mol. The van der Waals surface area contributed by atoms with Crippen molar-refractivity contribution in [3.63, 3.8) is 0 Å². The summed E-state index contributed by atoms with van der Waals surface area (Å²) in [6.07, 6.45) is -3.12. The molecule has 0 saturated heterocycles. The largest absolute Gasteiger partial charge is 0.416 e. The van der Waals surface area contributed by atoms with Crippen molar-refractivity contribution in [1.29, 1.82) is 0 Å². The highest BCUT2D eigenvalue weighted by molar-refractivity contribution is 7.89. The highest BCUT2D eigenvalue weighted by Gasteiger charge is 2.32. The Bertz CT molecular complexity index is 1010.